The lowest BCUT2D eigenvalue weighted by Gasteiger charge is -2.28. The zero-order valence-electron chi connectivity index (χ0n) is 13.2. The van der Waals surface area contributed by atoms with Gasteiger partial charge in [0.15, 0.2) is 0 Å². The predicted molar refractivity (Wildman–Crippen MR) is 85.0 cm³/mol. The zero-order valence-corrected chi connectivity index (χ0v) is 13.2. The van der Waals surface area contributed by atoms with Crippen LogP contribution in [-0.2, 0) is 9.53 Å². The van der Waals surface area contributed by atoms with Gasteiger partial charge in [-0.2, -0.15) is 0 Å². The molecular weight excluding hydrogens is 262 g/mol. The highest BCUT2D eigenvalue weighted by molar-refractivity contribution is 5.77. The quantitative estimate of drug-likeness (QED) is 0.661. The maximum absolute atomic E-state index is 12.3. The van der Waals surface area contributed by atoms with E-state index in [1.807, 2.05) is 37.3 Å². The molecule has 2 rings (SSSR count). The minimum absolute atomic E-state index is 0.167. The van der Waals surface area contributed by atoms with E-state index in [9.17, 15) is 4.79 Å². The van der Waals surface area contributed by atoms with Crippen molar-refractivity contribution < 1.29 is 9.53 Å². The Hall–Kier alpha value is -1.35. The van der Waals surface area contributed by atoms with Gasteiger partial charge in [-0.25, -0.2) is 4.79 Å². The summed E-state index contributed by atoms with van der Waals surface area (Å²) >= 11 is 0. The molecule has 1 aliphatic rings. The third-order valence-corrected chi connectivity index (χ3v) is 4.40. The van der Waals surface area contributed by atoms with Gasteiger partial charge in [0.2, 0.25) is 0 Å². The standard InChI is InChI=1S/C18H27NO2/c1-3-21-18(20)17(15-11-7-5-8-12-15)19-16-13-9-4-6-10-14(16)2/h5,7-8,11-12,14,16-17,19H,3-4,6,9-10,13H2,1-2H3. The Balaban J connectivity index is 2.13. The molecule has 0 spiro atoms. The summed E-state index contributed by atoms with van der Waals surface area (Å²) in [5.74, 6) is 0.438. The molecule has 3 atom stereocenters. The first-order valence-corrected chi connectivity index (χ1v) is 8.20. The van der Waals surface area contributed by atoms with Crippen LogP contribution in [0.2, 0.25) is 0 Å². The number of nitrogens with one attached hydrogen (secondary N) is 1. The summed E-state index contributed by atoms with van der Waals surface area (Å²) < 4.78 is 5.27. The monoisotopic (exact) mass is 289 g/mol. The van der Waals surface area contributed by atoms with E-state index < -0.39 is 0 Å². The summed E-state index contributed by atoms with van der Waals surface area (Å²) in [6, 6.07) is 9.95. The summed E-state index contributed by atoms with van der Waals surface area (Å²) in [4.78, 5) is 12.3. The van der Waals surface area contributed by atoms with Crippen LogP contribution in [0.3, 0.4) is 0 Å². The van der Waals surface area contributed by atoms with Crippen LogP contribution >= 0.6 is 0 Å². The smallest absolute Gasteiger partial charge is 0.327 e. The number of carbonyl (C=O) groups is 1. The number of carbonyl (C=O) groups excluding carboxylic acids is 1. The van der Waals surface area contributed by atoms with Crippen molar-refractivity contribution in [2.75, 3.05) is 6.61 Å². The van der Waals surface area contributed by atoms with Crippen molar-refractivity contribution in [3.8, 4) is 0 Å². The van der Waals surface area contributed by atoms with Gasteiger partial charge in [-0.15, -0.1) is 0 Å². The number of hydrogen-bond acceptors (Lipinski definition) is 3. The molecule has 3 heteroatoms. The number of esters is 1. The highest BCUT2D eigenvalue weighted by atomic mass is 16.5. The van der Waals surface area contributed by atoms with Gasteiger partial charge in [-0.1, -0.05) is 56.5 Å². The summed E-state index contributed by atoms with van der Waals surface area (Å²) in [5.41, 5.74) is 0.993. The summed E-state index contributed by atoms with van der Waals surface area (Å²) in [7, 11) is 0. The lowest BCUT2D eigenvalue weighted by Crippen LogP contribution is -2.41. The van der Waals surface area contributed by atoms with Gasteiger partial charge in [0, 0.05) is 6.04 Å². The topological polar surface area (TPSA) is 38.3 Å². The Morgan fingerprint density at radius 1 is 1.24 bits per heavy atom. The molecular formula is C18H27NO2. The Kier molecular flexibility index (Phi) is 6.24. The van der Waals surface area contributed by atoms with Gasteiger partial charge in [-0.3, -0.25) is 5.32 Å². The highest BCUT2D eigenvalue weighted by Gasteiger charge is 2.28. The summed E-state index contributed by atoms with van der Waals surface area (Å²) in [5, 5.41) is 3.57. The van der Waals surface area contributed by atoms with Crippen LogP contribution in [0.25, 0.3) is 0 Å². The van der Waals surface area contributed by atoms with Crippen molar-refractivity contribution >= 4 is 5.97 Å². The van der Waals surface area contributed by atoms with Gasteiger partial charge in [0.25, 0.3) is 0 Å². The molecule has 0 bridgehead atoms. The second-order valence-corrected chi connectivity index (χ2v) is 5.98. The Morgan fingerprint density at radius 2 is 1.95 bits per heavy atom. The first kappa shape index (κ1) is 16.0. The van der Waals surface area contributed by atoms with Crippen molar-refractivity contribution in [3.05, 3.63) is 35.9 Å². The molecule has 3 nitrogen and oxygen atoms in total. The second-order valence-electron chi connectivity index (χ2n) is 5.98. The van der Waals surface area contributed by atoms with Gasteiger partial charge in [-0.05, 0) is 31.2 Å². The largest absolute Gasteiger partial charge is 0.465 e. The van der Waals surface area contributed by atoms with Crippen molar-refractivity contribution in [3.63, 3.8) is 0 Å². The average Bonchev–Trinajstić information content (AvgIpc) is 2.70. The zero-order chi connectivity index (χ0) is 15.1. The molecule has 1 fully saturated rings. The lowest BCUT2D eigenvalue weighted by atomic mass is 9.95. The van der Waals surface area contributed by atoms with Crippen molar-refractivity contribution in [1.29, 1.82) is 0 Å². The third-order valence-electron chi connectivity index (χ3n) is 4.40. The SMILES string of the molecule is CCOC(=O)C(NC1CCCCCC1C)c1ccccc1. The predicted octanol–water partition coefficient (Wildman–Crippen LogP) is 3.85. The van der Waals surface area contributed by atoms with Crippen LogP contribution in [0.5, 0.6) is 0 Å². The van der Waals surface area contributed by atoms with E-state index in [0.717, 1.165) is 12.0 Å². The Bertz CT molecular complexity index is 432. The van der Waals surface area contributed by atoms with Crippen LogP contribution in [0, 0.1) is 5.92 Å². The molecule has 3 unspecified atom stereocenters. The molecule has 116 valence electrons. The summed E-state index contributed by atoms with van der Waals surface area (Å²) in [6.45, 7) is 4.56. The van der Waals surface area contributed by atoms with E-state index in [-0.39, 0.29) is 12.0 Å². The molecule has 0 aromatic heterocycles. The maximum Gasteiger partial charge on any atom is 0.327 e. The van der Waals surface area contributed by atoms with Gasteiger partial charge in [0.1, 0.15) is 6.04 Å². The molecule has 0 amide bonds. The fraction of sp³-hybridized carbons (Fsp3) is 0.611. The van der Waals surface area contributed by atoms with Crippen molar-refractivity contribution in [2.45, 2.75) is 58.0 Å². The van der Waals surface area contributed by atoms with E-state index in [0.29, 0.717) is 18.6 Å². The molecule has 1 N–H and O–H groups in total. The molecule has 1 saturated carbocycles. The van der Waals surface area contributed by atoms with E-state index in [4.69, 9.17) is 4.74 Å². The normalized spacial score (nSPS) is 24.1. The fourth-order valence-electron chi connectivity index (χ4n) is 3.13. The van der Waals surface area contributed by atoms with Crippen LogP contribution in [-0.4, -0.2) is 18.6 Å². The van der Waals surface area contributed by atoms with Crippen LogP contribution in [0.4, 0.5) is 0 Å². The fourth-order valence-corrected chi connectivity index (χ4v) is 3.13. The Morgan fingerprint density at radius 3 is 2.67 bits per heavy atom. The van der Waals surface area contributed by atoms with Gasteiger partial charge >= 0.3 is 5.97 Å². The molecule has 0 saturated heterocycles. The molecule has 0 radical (unpaired) electrons. The van der Waals surface area contributed by atoms with E-state index in [2.05, 4.69) is 12.2 Å². The minimum Gasteiger partial charge on any atom is -0.465 e. The number of hydrogen-bond donors (Lipinski definition) is 1. The second kappa shape index (κ2) is 8.18. The minimum atomic E-state index is -0.350. The highest BCUT2D eigenvalue weighted by Crippen LogP contribution is 2.26. The van der Waals surface area contributed by atoms with Crippen LogP contribution in [0.15, 0.2) is 30.3 Å². The molecule has 1 aromatic rings. The average molecular weight is 289 g/mol. The molecule has 1 aliphatic carbocycles. The van der Waals surface area contributed by atoms with Crippen LogP contribution < -0.4 is 5.32 Å². The number of ether oxygens (including phenoxy) is 1. The van der Waals surface area contributed by atoms with Gasteiger partial charge in [0.05, 0.1) is 6.61 Å². The van der Waals surface area contributed by atoms with E-state index >= 15 is 0 Å². The van der Waals surface area contributed by atoms with E-state index in [1.54, 1.807) is 0 Å². The number of rotatable bonds is 5. The number of benzene rings is 1. The first-order valence-electron chi connectivity index (χ1n) is 8.20. The third kappa shape index (κ3) is 4.57. The Labute approximate surface area is 128 Å². The molecule has 0 aliphatic heterocycles. The van der Waals surface area contributed by atoms with Gasteiger partial charge < -0.3 is 4.74 Å². The molecule has 1 aromatic carbocycles. The van der Waals surface area contributed by atoms with Crippen LogP contribution in [0.1, 0.15) is 57.6 Å². The summed E-state index contributed by atoms with van der Waals surface area (Å²) in [6.07, 6.45) is 6.23. The first-order chi connectivity index (χ1) is 10.2. The maximum atomic E-state index is 12.3. The molecule has 0 heterocycles. The van der Waals surface area contributed by atoms with Crippen molar-refractivity contribution in [2.24, 2.45) is 5.92 Å². The van der Waals surface area contributed by atoms with Crippen molar-refractivity contribution in [1.82, 2.24) is 5.32 Å². The lowest BCUT2D eigenvalue weighted by molar-refractivity contribution is -0.146. The van der Waals surface area contributed by atoms with E-state index in [1.165, 1.54) is 25.7 Å². The molecule has 21 heavy (non-hydrogen) atoms.